The monoisotopic (exact) mass is 416 g/mol. The topological polar surface area (TPSA) is 61.5 Å². The van der Waals surface area contributed by atoms with Gasteiger partial charge in [0.2, 0.25) is 5.82 Å². The van der Waals surface area contributed by atoms with E-state index in [1.54, 1.807) is 6.92 Å². The highest BCUT2D eigenvalue weighted by Gasteiger charge is 2.39. The number of hydrogen-bond donors (Lipinski definition) is 0. The van der Waals surface area contributed by atoms with Crippen molar-refractivity contribution in [3.8, 4) is 17.0 Å². The summed E-state index contributed by atoms with van der Waals surface area (Å²) >= 11 is 0. The molecule has 156 valence electrons. The highest BCUT2D eigenvalue weighted by Crippen LogP contribution is 2.31. The third-order valence-electron chi connectivity index (χ3n) is 4.13. The van der Waals surface area contributed by atoms with E-state index in [0.717, 1.165) is 11.3 Å². The summed E-state index contributed by atoms with van der Waals surface area (Å²) in [5, 5.41) is 7.14. The Balaban J connectivity index is 1.96. The minimum atomic E-state index is -4.49. The molecule has 1 aromatic carbocycles. The maximum atomic E-state index is 14.1. The molecule has 6 nitrogen and oxygen atoms in total. The molecule has 3 aromatic rings. The maximum Gasteiger partial charge on any atom is 0.425 e. The summed E-state index contributed by atoms with van der Waals surface area (Å²) < 4.78 is 76.7. The predicted octanol–water partition coefficient (Wildman–Crippen LogP) is 4.52. The number of aromatic nitrogens is 4. The summed E-state index contributed by atoms with van der Waals surface area (Å²) in [4.78, 5) is 4.18. The molecule has 2 aromatic heterocycles. The first kappa shape index (κ1) is 20.9. The van der Waals surface area contributed by atoms with Gasteiger partial charge in [0, 0.05) is 11.8 Å². The third-order valence-corrected chi connectivity index (χ3v) is 4.13. The lowest BCUT2D eigenvalue weighted by Crippen LogP contribution is -2.31. The van der Waals surface area contributed by atoms with E-state index in [9.17, 15) is 22.0 Å². The van der Waals surface area contributed by atoms with Crippen LogP contribution >= 0.6 is 0 Å². The molecule has 2 heterocycles. The van der Waals surface area contributed by atoms with E-state index in [0.29, 0.717) is 16.8 Å². The van der Waals surface area contributed by atoms with Crippen molar-refractivity contribution >= 4 is 5.65 Å². The summed E-state index contributed by atoms with van der Waals surface area (Å²) in [6, 6.07) is 4.29. The lowest BCUT2D eigenvalue weighted by molar-refractivity contribution is -0.251. The second kappa shape index (κ2) is 7.54. The van der Waals surface area contributed by atoms with Gasteiger partial charge < -0.3 is 9.47 Å². The number of aryl methyl sites for hydroxylation is 1. The summed E-state index contributed by atoms with van der Waals surface area (Å²) in [6.45, 7) is 3.76. The molecular formula is C18H17F5N4O2. The van der Waals surface area contributed by atoms with E-state index in [2.05, 4.69) is 19.9 Å². The van der Waals surface area contributed by atoms with Crippen molar-refractivity contribution in [2.45, 2.75) is 39.2 Å². The van der Waals surface area contributed by atoms with Crippen LogP contribution in [0.4, 0.5) is 22.0 Å². The number of halogens is 5. The molecular weight excluding hydrogens is 399 g/mol. The SMILES string of the molecule is CCOC(F)(F)c1nnc2cnc(-c3ccc(OC(C)C(F)(F)F)cc3C)cn12. The Morgan fingerprint density at radius 2 is 1.86 bits per heavy atom. The van der Waals surface area contributed by atoms with Gasteiger partial charge in [-0.25, -0.2) is 0 Å². The first-order chi connectivity index (χ1) is 13.5. The fourth-order valence-corrected chi connectivity index (χ4v) is 2.65. The van der Waals surface area contributed by atoms with Gasteiger partial charge in [0.05, 0.1) is 18.5 Å². The van der Waals surface area contributed by atoms with E-state index in [-0.39, 0.29) is 18.0 Å². The zero-order valence-electron chi connectivity index (χ0n) is 15.7. The highest BCUT2D eigenvalue weighted by atomic mass is 19.4. The number of nitrogens with zero attached hydrogens (tertiary/aromatic N) is 4. The molecule has 11 heteroatoms. The minimum absolute atomic E-state index is 0.0324. The van der Waals surface area contributed by atoms with Gasteiger partial charge in [0.15, 0.2) is 11.8 Å². The van der Waals surface area contributed by atoms with Crippen molar-refractivity contribution in [3.63, 3.8) is 0 Å². The van der Waals surface area contributed by atoms with Crippen LogP contribution < -0.4 is 4.74 Å². The van der Waals surface area contributed by atoms with Gasteiger partial charge in [-0.15, -0.1) is 10.2 Å². The summed E-state index contributed by atoms with van der Waals surface area (Å²) in [5.41, 5.74) is 1.48. The molecule has 0 radical (unpaired) electrons. The molecule has 0 saturated heterocycles. The molecule has 0 spiro atoms. The Bertz CT molecular complexity index is 1020. The molecule has 29 heavy (non-hydrogen) atoms. The third kappa shape index (κ3) is 4.29. The van der Waals surface area contributed by atoms with Crippen LogP contribution in [0.15, 0.2) is 30.6 Å². The fourth-order valence-electron chi connectivity index (χ4n) is 2.65. The van der Waals surface area contributed by atoms with Crippen LogP contribution in [-0.2, 0) is 10.8 Å². The molecule has 0 fully saturated rings. The quantitative estimate of drug-likeness (QED) is 0.553. The van der Waals surface area contributed by atoms with Crippen molar-refractivity contribution in [3.05, 3.63) is 42.0 Å². The number of fused-ring (bicyclic) bond motifs is 1. The van der Waals surface area contributed by atoms with Crippen LogP contribution in [-0.4, -0.2) is 38.5 Å². The molecule has 0 N–H and O–H groups in total. The van der Waals surface area contributed by atoms with Crippen molar-refractivity contribution < 1.29 is 31.4 Å². The molecule has 0 saturated carbocycles. The molecule has 0 aliphatic rings. The van der Waals surface area contributed by atoms with E-state index in [1.165, 1.54) is 37.5 Å². The van der Waals surface area contributed by atoms with Gasteiger partial charge in [-0.2, -0.15) is 22.0 Å². The zero-order chi connectivity index (χ0) is 21.4. The van der Waals surface area contributed by atoms with Crippen LogP contribution in [0, 0.1) is 6.92 Å². The van der Waals surface area contributed by atoms with Crippen LogP contribution in [0.25, 0.3) is 16.9 Å². The normalized spacial score (nSPS) is 13.7. The van der Waals surface area contributed by atoms with Gasteiger partial charge in [0.25, 0.3) is 0 Å². The van der Waals surface area contributed by atoms with E-state index in [1.807, 2.05) is 0 Å². The molecule has 0 aliphatic heterocycles. The van der Waals surface area contributed by atoms with Gasteiger partial charge in [-0.3, -0.25) is 9.38 Å². The van der Waals surface area contributed by atoms with Crippen molar-refractivity contribution in [2.24, 2.45) is 0 Å². The van der Waals surface area contributed by atoms with Crippen LogP contribution in [0.3, 0.4) is 0 Å². The highest BCUT2D eigenvalue weighted by molar-refractivity contribution is 5.65. The van der Waals surface area contributed by atoms with Crippen molar-refractivity contribution in [1.29, 1.82) is 0 Å². The zero-order valence-corrected chi connectivity index (χ0v) is 15.7. The molecule has 0 amide bonds. The standard InChI is InChI=1S/C18H17F5N4O2/c1-4-28-18(22,23)16-26-25-15-8-24-14(9-27(15)16)13-6-5-12(7-10(13)2)29-11(3)17(19,20)21/h5-9,11H,4H2,1-3H3. The van der Waals surface area contributed by atoms with E-state index >= 15 is 0 Å². The van der Waals surface area contributed by atoms with Crippen LogP contribution in [0.5, 0.6) is 5.75 Å². The maximum absolute atomic E-state index is 14.1. The Morgan fingerprint density at radius 3 is 2.48 bits per heavy atom. The second-order valence-electron chi connectivity index (χ2n) is 6.25. The van der Waals surface area contributed by atoms with Crippen LogP contribution in [0.1, 0.15) is 25.2 Å². The van der Waals surface area contributed by atoms with Crippen LogP contribution in [0.2, 0.25) is 0 Å². The van der Waals surface area contributed by atoms with Gasteiger partial charge in [-0.05, 0) is 44.5 Å². The Labute approximate surface area is 162 Å². The summed E-state index contributed by atoms with van der Waals surface area (Å²) in [5.74, 6) is -0.667. The van der Waals surface area contributed by atoms with Gasteiger partial charge >= 0.3 is 12.3 Å². The van der Waals surface area contributed by atoms with Crippen molar-refractivity contribution in [1.82, 2.24) is 19.6 Å². The first-order valence-electron chi connectivity index (χ1n) is 8.60. The Morgan fingerprint density at radius 1 is 1.14 bits per heavy atom. The van der Waals surface area contributed by atoms with Crippen molar-refractivity contribution in [2.75, 3.05) is 6.61 Å². The average molecular weight is 416 g/mol. The minimum Gasteiger partial charge on any atom is -0.481 e. The largest absolute Gasteiger partial charge is 0.481 e. The van der Waals surface area contributed by atoms with Gasteiger partial charge in [-0.1, -0.05) is 0 Å². The Kier molecular flexibility index (Phi) is 5.44. The first-order valence-corrected chi connectivity index (χ1v) is 8.60. The molecule has 1 atom stereocenters. The number of rotatable bonds is 6. The lowest BCUT2D eigenvalue weighted by Gasteiger charge is -2.18. The summed E-state index contributed by atoms with van der Waals surface area (Å²) in [6.07, 6.45) is -7.52. The molecule has 0 aliphatic carbocycles. The molecule has 1 unspecified atom stereocenters. The number of benzene rings is 1. The lowest BCUT2D eigenvalue weighted by atomic mass is 10.1. The van der Waals surface area contributed by atoms with E-state index < -0.39 is 24.2 Å². The Hall–Kier alpha value is -2.82. The summed E-state index contributed by atoms with van der Waals surface area (Å²) in [7, 11) is 0. The number of alkyl halides is 5. The smallest absolute Gasteiger partial charge is 0.425 e. The molecule has 0 bridgehead atoms. The average Bonchev–Trinajstić information content (AvgIpc) is 3.05. The fraction of sp³-hybridized carbons (Fsp3) is 0.389. The number of hydrogen-bond acceptors (Lipinski definition) is 5. The molecule has 3 rings (SSSR count). The van der Waals surface area contributed by atoms with Gasteiger partial charge in [0.1, 0.15) is 5.75 Å². The predicted molar refractivity (Wildman–Crippen MR) is 92.6 cm³/mol. The van der Waals surface area contributed by atoms with E-state index in [4.69, 9.17) is 4.74 Å². The second-order valence-corrected chi connectivity index (χ2v) is 6.25. The number of ether oxygens (including phenoxy) is 2.